The van der Waals surface area contributed by atoms with E-state index in [-0.39, 0.29) is 12.3 Å². The molecule has 0 fully saturated rings. The van der Waals surface area contributed by atoms with Crippen molar-refractivity contribution < 1.29 is 23.5 Å². The van der Waals surface area contributed by atoms with Gasteiger partial charge in [-0.1, -0.05) is 32.0 Å². The van der Waals surface area contributed by atoms with Crippen LogP contribution in [0.4, 0.5) is 5.69 Å². The van der Waals surface area contributed by atoms with Gasteiger partial charge in [-0.3, -0.25) is 9.59 Å². The molecule has 0 radical (unpaired) electrons. The number of anilines is 1. The Labute approximate surface area is 176 Å². The fourth-order valence-electron chi connectivity index (χ4n) is 3.27. The Bertz CT molecular complexity index is 1040. The van der Waals surface area contributed by atoms with Gasteiger partial charge < -0.3 is 19.2 Å². The summed E-state index contributed by atoms with van der Waals surface area (Å²) in [5.41, 5.74) is 3.14. The zero-order valence-corrected chi connectivity index (χ0v) is 17.7. The standard InChI is InChI=1S/C24H27NO5/c1-5-15(2)19-8-6-7-9-21(19)25-24(27)16(3)30-23(26)12-17-14-29-22-13-18(28-4)10-11-20(17)22/h6-11,13-16H,5,12H2,1-4H3,(H,25,27)/t15-,16+/m1/s1. The number of esters is 1. The predicted molar refractivity (Wildman–Crippen MR) is 116 cm³/mol. The van der Waals surface area contributed by atoms with Gasteiger partial charge in [-0.15, -0.1) is 0 Å². The number of hydrogen-bond donors (Lipinski definition) is 1. The van der Waals surface area contributed by atoms with Gasteiger partial charge in [-0.25, -0.2) is 0 Å². The summed E-state index contributed by atoms with van der Waals surface area (Å²) in [6.07, 6.45) is 1.58. The lowest BCUT2D eigenvalue weighted by atomic mass is 9.97. The highest BCUT2D eigenvalue weighted by Crippen LogP contribution is 2.27. The van der Waals surface area contributed by atoms with Gasteiger partial charge in [-0.05, 0) is 43.0 Å². The van der Waals surface area contributed by atoms with Gasteiger partial charge in [0.05, 0.1) is 19.8 Å². The minimum Gasteiger partial charge on any atom is -0.497 e. The molecule has 1 N–H and O–H groups in total. The van der Waals surface area contributed by atoms with Crippen LogP contribution in [0.2, 0.25) is 0 Å². The molecule has 0 saturated carbocycles. The van der Waals surface area contributed by atoms with Crippen molar-refractivity contribution in [3.05, 3.63) is 59.9 Å². The second kappa shape index (κ2) is 9.48. The van der Waals surface area contributed by atoms with E-state index < -0.39 is 12.1 Å². The Morgan fingerprint density at radius 1 is 1.13 bits per heavy atom. The maximum Gasteiger partial charge on any atom is 0.311 e. The highest BCUT2D eigenvalue weighted by molar-refractivity contribution is 5.96. The largest absolute Gasteiger partial charge is 0.497 e. The summed E-state index contributed by atoms with van der Waals surface area (Å²) >= 11 is 0. The number of carbonyl (C=O) groups is 2. The molecule has 0 saturated heterocycles. The molecule has 30 heavy (non-hydrogen) atoms. The van der Waals surface area contributed by atoms with Crippen molar-refractivity contribution in [2.75, 3.05) is 12.4 Å². The lowest BCUT2D eigenvalue weighted by Crippen LogP contribution is -2.30. The van der Waals surface area contributed by atoms with Crippen LogP contribution in [0.3, 0.4) is 0 Å². The van der Waals surface area contributed by atoms with Crippen LogP contribution in [0.25, 0.3) is 11.0 Å². The third-order valence-electron chi connectivity index (χ3n) is 5.24. The fraction of sp³-hybridized carbons (Fsp3) is 0.333. The quantitative estimate of drug-likeness (QED) is 0.526. The molecular formula is C24H27NO5. The van der Waals surface area contributed by atoms with E-state index in [4.69, 9.17) is 13.9 Å². The van der Waals surface area contributed by atoms with E-state index >= 15 is 0 Å². The first kappa shape index (κ1) is 21.4. The van der Waals surface area contributed by atoms with Crippen molar-refractivity contribution in [1.29, 1.82) is 0 Å². The molecule has 0 aliphatic carbocycles. The Hall–Kier alpha value is -3.28. The summed E-state index contributed by atoms with van der Waals surface area (Å²) in [6.45, 7) is 5.78. The molecule has 1 aromatic heterocycles. The van der Waals surface area contributed by atoms with E-state index in [1.807, 2.05) is 30.3 Å². The Balaban J connectivity index is 1.63. The van der Waals surface area contributed by atoms with E-state index in [0.29, 0.717) is 22.8 Å². The number of hydrogen-bond acceptors (Lipinski definition) is 5. The van der Waals surface area contributed by atoms with Crippen LogP contribution >= 0.6 is 0 Å². The third kappa shape index (κ3) is 4.82. The van der Waals surface area contributed by atoms with Crippen LogP contribution in [-0.2, 0) is 20.7 Å². The van der Waals surface area contributed by atoms with Crippen molar-refractivity contribution in [3.63, 3.8) is 0 Å². The molecule has 0 aliphatic rings. The van der Waals surface area contributed by atoms with E-state index in [1.54, 1.807) is 26.2 Å². The van der Waals surface area contributed by atoms with Crippen molar-refractivity contribution in [3.8, 4) is 5.75 Å². The number of benzene rings is 2. The summed E-state index contributed by atoms with van der Waals surface area (Å²) in [5.74, 6) is 0.133. The summed E-state index contributed by atoms with van der Waals surface area (Å²) < 4.78 is 16.0. The maximum atomic E-state index is 12.6. The fourth-order valence-corrected chi connectivity index (χ4v) is 3.27. The van der Waals surface area contributed by atoms with Crippen molar-refractivity contribution in [1.82, 2.24) is 0 Å². The number of methoxy groups -OCH3 is 1. The molecule has 0 unspecified atom stereocenters. The van der Waals surface area contributed by atoms with Gasteiger partial charge in [0.2, 0.25) is 0 Å². The Morgan fingerprint density at radius 2 is 1.90 bits per heavy atom. The van der Waals surface area contributed by atoms with Crippen molar-refractivity contribution in [2.24, 2.45) is 0 Å². The SMILES string of the molecule is CC[C@@H](C)c1ccccc1NC(=O)[C@H](C)OC(=O)Cc1coc2cc(OC)ccc12. The van der Waals surface area contributed by atoms with Crippen molar-refractivity contribution in [2.45, 2.75) is 45.6 Å². The number of ether oxygens (including phenoxy) is 2. The number of rotatable bonds is 8. The molecule has 2 atom stereocenters. The van der Waals surface area contributed by atoms with Crippen molar-refractivity contribution >= 4 is 28.5 Å². The molecule has 1 heterocycles. The average Bonchev–Trinajstić information content (AvgIpc) is 3.15. The zero-order chi connectivity index (χ0) is 21.7. The molecule has 3 rings (SSSR count). The topological polar surface area (TPSA) is 77.8 Å². The Kier molecular flexibility index (Phi) is 6.77. The number of furan rings is 1. The lowest BCUT2D eigenvalue weighted by molar-refractivity contribution is -0.152. The summed E-state index contributed by atoms with van der Waals surface area (Å²) in [5, 5.41) is 3.70. The first-order valence-corrected chi connectivity index (χ1v) is 10.1. The molecule has 2 aromatic carbocycles. The van der Waals surface area contributed by atoms with Crippen LogP contribution in [-0.4, -0.2) is 25.1 Å². The van der Waals surface area contributed by atoms with Gasteiger partial charge in [0.25, 0.3) is 5.91 Å². The van der Waals surface area contributed by atoms with Crippen LogP contribution in [0.1, 0.15) is 44.2 Å². The van der Waals surface area contributed by atoms with Gasteiger partial charge >= 0.3 is 5.97 Å². The van der Waals surface area contributed by atoms with Crippen LogP contribution in [0.15, 0.2) is 53.1 Å². The van der Waals surface area contributed by atoms with Gasteiger partial charge in [0.1, 0.15) is 11.3 Å². The molecule has 0 bridgehead atoms. The lowest BCUT2D eigenvalue weighted by Gasteiger charge is -2.18. The number of para-hydroxylation sites is 1. The van der Waals surface area contributed by atoms with Crippen LogP contribution in [0.5, 0.6) is 5.75 Å². The normalized spacial score (nSPS) is 12.9. The highest BCUT2D eigenvalue weighted by atomic mass is 16.5. The third-order valence-corrected chi connectivity index (χ3v) is 5.24. The second-order valence-electron chi connectivity index (χ2n) is 7.32. The molecule has 0 aliphatic heterocycles. The highest BCUT2D eigenvalue weighted by Gasteiger charge is 2.21. The molecule has 158 valence electrons. The first-order chi connectivity index (χ1) is 14.4. The summed E-state index contributed by atoms with van der Waals surface area (Å²) in [7, 11) is 1.58. The minimum absolute atomic E-state index is 0.0143. The monoisotopic (exact) mass is 409 g/mol. The smallest absolute Gasteiger partial charge is 0.311 e. The number of carbonyl (C=O) groups excluding carboxylic acids is 2. The number of nitrogens with one attached hydrogen (secondary N) is 1. The molecule has 0 spiro atoms. The Morgan fingerprint density at radius 3 is 2.63 bits per heavy atom. The van der Waals surface area contributed by atoms with Gasteiger partial charge in [-0.2, -0.15) is 0 Å². The van der Waals surface area contributed by atoms with Gasteiger partial charge in [0, 0.05) is 22.7 Å². The van der Waals surface area contributed by atoms with Crippen LogP contribution < -0.4 is 10.1 Å². The van der Waals surface area contributed by atoms with Gasteiger partial charge in [0.15, 0.2) is 6.10 Å². The van der Waals surface area contributed by atoms with E-state index in [0.717, 1.165) is 23.1 Å². The summed E-state index contributed by atoms with van der Waals surface area (Å²) in [4.78, 5) is 25.0. The van der Waals surface area contributed by atoms with Crippen LogP contribution in [0, 0.1) is 0 Å². The predicted octanol–water partition coefficient (Wildman–Crippen LogP) is 5.07. The first-order valence-electron chi connectivity index (χ1n) is 10.1. The second-order valence-corrected chi connectivity index (χ2v) is 7.32. The number of fused-ring (bicyclic) bond motifs is 1. The molecular weight excluding hydrogens is 382 g/mol. The zero-order valence-electron chi connectivity index (χ0n) is 17.7. The summed E-state index contributed by atoms with van der Waals surface area (Å²) in [6, 6.07) is 13.1. The molecule has 1 amide bonds. The molecule has 3 aromatic rings. The minimum atomic E-state index is -0.916. The maximum absolute atomic E-state index is 12.6. The average molecular weight is 409 g/mol. The van der Waals surface area contributed by atoms with E-state index in [1.165, 1.54) is 6.26 Å². The number of amides is 1. The van der Waals surface area contributed by atoms with E-state index in [2.05, 4.69) is 19.2 Å². The van der Waals surface area contributed by atoms with E-state index in [9.17, 15) is 9.59 Å². The molecule has 6 nitrogen and oxygen atoms in total. The molecule has 6 heteroatoms.